The summed E-state index contributed by atoms with van der Waals surface area (Å²) < 4.78 is 20.0. The average molecular weight is 365 g/mol. The van der Waals surface area contributed by atoms with Gasteiger partial charge in [0.2, 0.25) is 0 Å². The van der Waals surface area contributed by atoms with E-state index in [-0.39, 0.29) is 5.91 Å². The molecule has 0 bridgehead atoms. The first kappa shape index (κ1) is 17.4. The lowest BCUT2D eigenvalue weighted by molar-refractivity contribution is 0.0302. The maximum Gasteiger partial charge on any atom is 0.254 e. The number of nitrogens with zero attached hydrogens (tertiary/aromatic N) is 2. The van der Waals surface area contributed by atoms with Crippen molar-refractivity contribution in [3.05, 3.63) is 60.0 Å². The Morgan fingerprint density at radius 3 is 2.70 bits per heavy atom. The van der Waals surface area contributed by atoms with Gasteiger partial charge in [0.15, 0.2) is 0 Å². The Labute approximate surface area is 156 Å². The van der Waals surface area contributed by atoms with Gasteiger partial charge in [0.25, 0.3) is 5.91 Å². The normalized spacial score (nSPS) is 14.4. The van der Waals surface area contributed by atoms with Crippen molar-refractivity contribution in [2.24, 2.45) is 0 Å². The van der Waals surface area contributed by atoms with Crippen LogP contribution in [0.25, 0.3) is 22.0 Å². The van der Waals surface area contributed by atoms with Crippen LogP contribution in [0.3, 0.4) is 0 Å². The van der Waals surface area contributed by atoms with Crippen molar-refractivity contribution in [1.82, 2.24) is 9.88 Å². The van der Waals surface area contributed by atoms with E-state index in [9.17, 15) is 9.18 Å². The SMILES string of the molecule is CNc1ccnc2cc(-c3ccc(C(=O)N4CCOCC4)cc3F)ccc12. The molecular formula is C21H20FN3O2. The third kappa shape index (κ3) is 3.36. The molecule has 1 aliphatic heterocycles. The minimum atomic E-state index is -0.418. The summed E-state index contributed by atoms with van der Waals surface area (Å²) >= 11 is 0. The number of morpholine rings is 1. The van der Waals surface area contributed by atoms with E-state index in [1.165, 1.54) is 6.07 Å². The smallest absolute Gasteiger partial charge is 0.254 e. The highest BCUT2D eigenvalue weighted by molar-refractivity contribution is 5.96. The first-order chi connectivity index (χ1) is 13.2. The van der Waals surface area contributed by atoms with E-state index in [0.29, 0.717) is 37.4 Å². The number of ether oxygens (including phenoxy) is 1. The molecule has 0 aliphatic carbocycles. The molecule has 6 heteroatoms. The number of pyridine rings is 1. The maximum absolute atomic E-state index is 14.8. The van der Waals surface area contributed by atoms with Gasteiger partial charge in [-0.15, -0.1) is 0 Å². The Morgan fingerprint density at radius 2 is 1.96 bits per heavy atom. The fourth-order valence-corrected chi connectivity index (χ4v) is 3.36. The van der Waals surface area contributed by atoms with Crippen LogP contribution in [-0.2, 0) is 4.74 Å². The Kier molecular flexibility index (Phi) is 4.73. The highest BCUT2D eigenvalue weighted by atomic mass is 19.1. The lowest BCUT2D eigenvalue weighted by Crippen LogP contribution is -2.40. The van der Waals surface area contributed by atoms with E-state index in [2.05, 4.69) is 10.3 Å². The second kappa shape index (κ2) is 7.32. The van der Waals surface area contributed by atoms with Crippen molar-refractivity contribution in [1.29, 1.82) is 0 Å². The van der Waals surface area contributed by atoms with Crippen LogP contribution in [0.4, 0.5) is 10.1 Å². The van der Waals surface area contributed by atoms with E-state index >= 15 is 0 Å². The van der Waals surface area contributed by atoms with Crippen molar-refractivity contribution in [2.75, 3.05) is 38.7 Å². The molecule has 4 rings (SSSR count). The van der Waals surface area contributed by atoms with Crippen LogP contribution in [0.15, 0.2) is 48.7 Å². The summed E-state index contributed by atoms with van der Waals surface area (Å²) in [6, 6.07) is 12.2. The van der Waals surface area contributed by atoms with Gasteiger partial charge < -0.3 is 15.0 Å². The predicted octanol–water partition coefficient (Wildman–Crippen LogP) is 3.56. The second-order valence-electron chi connectivity index (χ2n) is 6.44. The number of carbonyl (C=O) groups excluding carboxylic acids is 1. The van der Waals surface area contributed by atoms with Gasteiger partial charge in [0.1, 0.15) is 5.82 Å². The molecule has 27 heavy (non-hydrogen) atoms. The number of anilines is 1. The first-order valence-corrected chi connectivity index (χ1v) is 8.91. The molecule has 1 aromatic heterocycles. The molecule has 0 unspecified atom stereocenters. The third-order valence-electron chi connectivity index (χ3n) is 4.84. The van der Waals surface area contributed by atoms with Gasteiger partial charge in [-0.25, -0.2) is 4.39 Å². The van der Waals surface area contributed by atoms with Crippen molar-refractivity contribution < 1.29 is 13.9 Å². The summed E-state index contributed by atoms with van der Waals surface area (Å²) in [5, 5.41) is 4.10. The Bertz CT molecular complexity index is 1000. The topological polar surface area (TPSA) is 54.5 Å². The zero-order valence-electron chi connectivity index (χ0n) is 15.0. The van der Waals surface area contributed by atoms with E-state index in [4.69, 9.17) is 4.74 Å². The number of fused-ring (bicyclic) bond motifs is 1. The van der Waals surface area contributed by atoms with Crippen molar-refractivity contribution in [3.63, 3.8) is 0 Å². The highest BCUT2D eigenvalue weighted by Gasteiger charge is 2.20. The largest absolute Gasteiger partial charge is 0.388 e. The van der Waals surface area contributed by atoms with Gasteiger partial charge in [0.05, 0.1) is 18.7 Å². The summed E-state index contributed by atoms with van der Waals surface area (Å²) in [5.74, 6) is -0.583. The lowest BCUT2D eigenvalue weighted by atomic mass is 10.0. The van der Waals surface area contributed by atoms with Crippen molar-refractivity contribution in [2.45, 2.75) is 0 Å². The predicted molar refractivity (Wildman–Crippen MR) is 103 cm³/mol. The van der Waals surface area contributed by atoms with E-state index in [0.717, 1.165) is 22.2 Å². The number of aromatic nitrogens is 1. The first-order valence-electron chi connectivity index (χ1n) is 8.91. The third-order valence-corrected chi connectivity index (χ3v) is 4.84. The molecule has 1 saturated heterocycles. The van der Waals surface area contributed by atoms with Gasteiger partial charge in [-0.3, -0.25) is 9.78 Å². The molecule has 1 amide bonds. The van der Waals surface area contributed by atoms with Crippen LogP contribution in [0.2, 0.25) is 0 Å². The molecule has 2 heterocycles. The molecule has 0 radical (unpaired) electrons. The molecule has 138 valence electrons. The lowest BCUT2D eigenvalue weighted by Gasteiger charge is -2.27. The van der Waals surface area contributed by atoms with Gasteiger partial charge in [-0.05, 0) is 29.8 Å². The van der Waals surface area contributed by atoms with Crippen molar-refractivity contribution >= 4 is 22.5 Å². The minimum absolute atomic E-state index is 0.164. The Morgan fingerprint density at radius 1 is 1.15 bits per heavy atom. The maximum atomic E-state index is 14.8. The van der Waals surface area contributed by atoms with Crippen LogP contribution in [0.1, 0.15) is 10.4 Å². The number of amides is 1. The second-order valence-corrected chi connectivity index (χ2v) is 6.44. The summed E-state index contributed by atoms with van der Waals surface area (Å²) in [4.78, 5) is 18.6. The van der Waals surface area contributed by atoms with Crippen LogP contribution in [-0.4, -0.2) is 49.1 Å². The molecule has 2 aromatic carbocycles. The van der Waals surface area contributed by atoms with Crippen LogP contribution < -0.4 is 5.32 Å². The number of carbonyl (C=O) groups is 1. The summed E-state index contributed by atoms with van der Waals surface area (Å²) in [5.41, 5.74) is 3.29. The van der Waals surface area contributed by atoms with Crippen molar-refractivity contribution in [3.8, 4) is 11.1 Å². The number of rotatable bonds is 3. The molecule has 5 nitrogen and oxygen atoms in total. The zero-order valence-corrected chi connectivity index (χ0v) is 15.0. The fraction of sp³-hybridized carbons (Fsp3) is 0.238. The summed E-state index contributed by atoms with van der Waals surface area (Å²) in [6.45, 7) is 2.11. The molecule has 1 fully saturated rings. The van der Waals surface area contributed by atoms with Crippen LogP contribution in [0, 0.1) is 5.82 Å². The Balaban J connectivity index is 1.66. The van der Waals surface area contributed by atoms with E-state index in [1.807, 2.05) is 31.3 Å². The molecule has 0 atom stereocenters. The number of hydrogen-bond donors (Lipinski definition) is 1. The number of nitrogens with one attached hydrogen (secondary N) is 1. The van der Waals surface area contributed by atoms with Crippen LogP contribution >= 0.6 is 0 Å². The fourth-order valence-electron chi connectivity index (χ4n) is 3.36. The van der Waals surface area contributed by atoms with Gasteiger partial charge in [0, 0.05) is 48.5 Å². The number of halogens is 1. The van der Waals surface area contributed by atoms with E-state index in [1.54, 1.807) is 23.2 Å². The average Bonchev–Trinajstić information content (AvgIpc) is 2.73. The van der Waals surface area contributed by atoms with Gasteiger partial charge in [-0.2, -0.15) is 0 Å². The molecule has 0 spiro atoms. The highest BCUT2D eigenvalue weighted by Crippen LogP contribution is 2.29. The molecule has 1 N–H and O–H groups in total. The monoisotopic (exact) mass is 365 g/mol. The summed E-state index contributed by atoms with van der Waals surface area (Å²) in [6.07, 6.45) is 1.72. The standard InChI is InChI=1S/C21H20FN3O2/c1-23-19-6-7-24-20-13-14(2-5-17(19)20)16-4-3-15(12-18(16)22)21(26)25-8-10-27-11-9-25/h2-7,12-13H,8-11H2,1H3,(H,23,24). The zero-order chi connectivity index (χ0) is 18.8. The molecule has 1 aliphatic rings. The molecule has 3 aromatic rings. The Hall–Kier alpha value is -2.99. The summed E-state index contributed by atoms with van der Waals surface area (Å²) in [7, 11) is 1.85. The van der Waals surface area contributed by atoms with Gasteiger partial charge >= 0.3 is 0 Å². The molecule has 0 saturated carbocycles. The van der Waals surface area contributed by atoms with Gasteiger partial charge in [-0.1, -0.05) is 18.2 Å². The number of hydrogen-bond acceptors (Lipinski definition) is 4. The van der Waals surface area contributed by atoms with E-state index < -0.39 is 5.82 Å². The number of benzene rings is 2. The quantitative estimate of drug-likeness (QED) is 0.771. The molecular weight excluding hydrogens is 345 g/mol. The van der Waals surface area contributed by atoms with Crippen LogP contribution in [0.5, 0.6) is 0 Å². The minimum Gasteiger partial charge on any atom is -0.388 e.